The van der Waals surface area contributed by atoms with E-state index in [1.165, 1.54) is 43.9 Å². The average molecular weight is 268 g/mol. The van der Waals surface area contributed by atoms with E-state index in [0.717, 1.165) is 36.1 Å². The summed E-state index contributed by atoms with van der Waals surface area (Å²) in [4.78, 5) is 2.51. The molecule has 0 radical (unpaired) electrons. The number of anilines is 1. The fraction of sp³-hybridized carbons (Fsp3) is 0.846. The predicted molar refractivity (Wildman–Crippen MR) is 77.0 cm³/mol. The number of rotatable bonds is 6. The number of nitrogens with zero attached hydrogens (tertiary/aromatic N) is 3. The second kappa shape index (κ2) is 7.04. The minimum Gasteiger partial charge on any atom is -0.374 e. The lowest BCUT2D eigenvalue weighted by Gasteiger charge is -2.30. The van der Waals surface area contributed by atoms with E-state index >= 15 is 0 Å². The van der Waals surface area contributed by atoms with Crippen LogP contribution >= 0.6 is 11.5 Å². The zero-order chi connectivity index (χ0) is 12.8. The van der Waals surface area contributed by atoms with Crippen molar-refractivity contribution in [2.75, 3.05) is 25.0 Å². The molecule has 1 aromatic rings. The van der Waals surface area contributed by atoms with Gasteiger partial charge in [-0.1, -0.05) is 24.8 Å². The molecule has 1 N–H and O–H groups in total. The second-order valence-corrected chi connectivity index (χ2v) is 5.86. The Morgan fingerprint density at radius 2 is 2.11 bits per heavy atom. The van der Waals surface area contributed by atoms with E-state index in [1.807, 2.05) is 0 Å². The van der Waals surface area contributed by atoms with Gasteiger partial charge in [0.05, 0.1) is 0 Å². The van der Waals surface area contributed by atoms with Crippen molar-refractivity contribution in [2.45, 2.75) is 46.1 Å². The third-order valence-electron chi connectivity index (χ3n) is 3.75. The zero-order valence-corrected chi connectivity index (χ0v) is 12.3. The first-order valence-corrected chi connectivity index (χ1v) is 7.88. The fourth-order valence-corrected chi connectivity index (χ4v) is 3.05. The van der Waals surface area contributed by atoms with Gasteiger partial charge < -0.3 is 5.32 Å². The lowest BCUT2D eigenvalue weighted by Crippen LogP contribution is -2.33. The largest absolute Gasteiger partial charge is 0.374 e. The van der Waals surface area contributed by atoms with Crippen molar-refractivity contribution in [3.63, 3.8) is 0 Å². The monoisotopic (exact) mass is 268 g/mol. The Balaban J connectivity index is 1.84. The molecule has 1 saturated heterocycles. The van der Waals surface area contributed by atoms with Crippen molar-refractivity contribution in [1.29, 1.82) is 0 Å². The molecular formula is C13H24N4S. The summed E-state index contributed by atoms with van der Waals surface area (Å²) in [5, 5.41) is 8.85. The molecule has 1 aromatic heterocycles. The van der Waals surface area contributed by atoms with Crippen LogP contribution in [0.25, 0.3) is 0 Å². The highest BCUT2D eigenvalue weighted by atomic mass is 32.1. The molecule has 18 heavy (non-hydrogen) atoms. The average Bonchev–Trinajstić information content (AvgIpc) is 2.84. The summed E-state index contributed by atoms with van der Waals surface area (Å²) in [5.41, 5.74) is 1.13. The molecule has 0 atom stereocenters. The van der Waals surface area contributed by atoms with Crippen LogP contribution in [0.5, 0.6) is 0 Å². The summed E-state index contributed by atoms with van der Waals surface area (Å²) in [6, 6.07) is 0. The molecule has 1 aliphatic heterocycles. The molecule has 4 nitrogen and oxygen atoms in total. The zero-order valence-electron chi connectivity index (χ0n) is 11.5. The number of piperidine rings is 1. The van der Waals surface area contributed by atoms with Gasteiger partial charge in [-0.3, -0.25) is 4.90 Å². The van der Waals surface area contributed by atoms with Crippen LogP contribution in [0.15, 0.2) is 0 Å². The summed E-state index contributed by atoms with van der Waals surface area (Å²) < 4.78 is 4.07. The van der Waals surface area contributed by atoms with Crippen LogP contribution in [0.1, 0.15) is 45.2 Å². The number of nitrogens with one attached hydrogen (secondary N) is 1. The Morgan fingerprint density at radius 3 is 2.78 bits per heavy atom. The molecule has 1 fully saturated rings. The topological polar surface area (TPSA) is 41.1 Å². The molecule has 0 amide bonds. The molecule has 2 rings (SSSR count). The fourth-order valence-electron chi connectivity index (χ4n) is 2.45. The predicted octanol–water partition coefficient (Wildman–Crippen LogP) is 2.98. The van der Waals surface area contributed by atoms with Crippen molar-refractivity contribution in [3.8, 4) is 0 Å². The highest BCUT2D eigenvalue weighted by molar-refractivity contribution is 7.10. The molecule has 0 unspecified atom stereocenters. The Bertz CT molecular complexity index is 345. The van der Waals surface area contributed by atoms with Gasteiger partial charge in [0.25, 0.3) is 0 Å². The molecule has 0 bridgehead atoms. The van der Waals surface area contributed by atoms with Gasteiger partial charge in [-0.25, -0.2) is 0 Å². The maximum absolute atomic E-state index is 4.27. The van der Waals surface area contributed by atoms with E-state index in [9.17, 15) is 0 Å². The van der Waals surface area contributed by atoms with E-state index in [0.29, 0.717) is 0 Å². The molecule has 0 aliphatic carbocycles. The summed E-state index contributed by atoms with van der Waals surface area (Å²) in [7, 11) is 0. The van der Waals surface area contributed by atoms with Gasteiger partial charge in [0, 0.05) is 24.6 Å². The van der Waals surface area contributed by atoms with Gasteiger partial charge in [0.2, 0.25) is 0 Å². The van der Waals surface area contributed by atoms with E-state index in [-0.39, 0.29) is 0 Å². The van der Waals surface area contributed by atoms with Gasteiger partial charge in [-0.2, -0.15) is 0 Å². The minimum absolute atomic E-state index is 0.937. The molecule has 0 spiro atoms. The number of aromatic nitrogens is 2. The minimum atomic E-state index is 0.937. The SMILES string of the molecule is CCCNc1snnc1CN1CCC(CC)CC1. The van der Waals surface area contributed by atoms with Gasteiger partial charge in [-0.15, -0.1) is 5.10 Å². The maximum atomic E-state index is 4.27. The Hall–Kier alpha value is -0.680. The Labute approximate surface area is 114 Å². The van der Waals surface area contributed by atoms with Crippen LogP contribution < -0.4 is 5.32 Å². The summed E-state index contributed by atoms with van der Waals surface area (Å²) in [5.74, 6) is 0.937. The first-order chi connectivity index (χ1) is 8.83. The molecule has 0 aromatic carbocycles. The van der Waals surface area contributed by atoms with E-state index in [4.69, 9.17) is 0 Å². The number of hydrogen-bond donors (Lipinski definition) is 1. The number of likely N-dealkylation sites (tertiary alicyclic amines) is 1. The summed E-state index contributed by atoms with van der Waals surface area (Å²) in [6.45, 7) is 8.87. The molecule has 2 heterocycles. The lowest BCUT2D eigenvalue weighted by molar-refractivity contribution is 0.173. The summed E-state index contributed by atoms with van der Waals surface area (Å²) >= 11 is 1.48. The van der Waals surface area contributed by atoms with Crippen molar-refractivity contribution in [2.24, 2.45) is 5.92 Å². The molecular weight excluding hydrogens is 244 g/mol. The van der Waals surface area contributed by atoms with E-state index in [2.05, 4.69) is 33.7 Å². The first kappa shape index (κ1) is 13.7. The molecule has 102 valence electrons. The van der Waals surface area contributed by atoms with Gasteiger partial charge in [0.1, 0.15) is 10.7 Å². The smallest absolute Gasteiger partial charge is 0.134 e. The molecule has 0 saturated carbocycles. The highest BCUT2D eigenvalue weighted by Crippen LogP contribution is 2.24. The van der Waals surface area contributed by atoms with E-state index < -0.39 is 0 Å². The summed E-state index contributed by atoms with van der Waals surface area (Å²) in [6.07, 6.45) is 5.15. The van der Waals surface area contributed by atoms with E-state index in [1.54, 1.807) is 0 Å². The Kier molecular flexibility index (Phi) is 5.38. The van der Waals surface area contributed by atoms with Crippen LogP contribution in [-0.2, 0) is 6.54 Å². The van der Waals surface area contributed by atoms with Crippen LogP contribution in [0.3, 0.4) is 0 Å². The van der Waals surface area contributed by atoms with Crippen molar-refractivity contribution >= 4 is 16.5 Å². The molecule has 5 heteroatoms. The van der Waals surface area contributed by atoms with Crippen molar-refractivity contribution in [1.82, 2.24) is 14.5 Å². The maximum Gasteiger partial charge on any atom is 0.134 e. The highest BCUT2D eigenvalue weighted by Gasteiger charge is 2.19. The van der Waals surface area contributed by atoms with Gasteiger partial charge >= 0.3 is 0 Å². The van der Waals surface area contributed by atoms with Gasteiger partial charge in [0.15, 0.2) is 0 Å². The number of hydrogen-bond acceptors (Lipinski definition) is 5. The third-order valence-corrected chi connectivity index (χ3v) is 4.48. The quantitative estimate of drug-likeness (QED) is 0.861. The lowest BCUT2D eigenvalue weighted by atomic mass is 9.94. The molecule has 1 aliphatic rings. The van der Waals surface area contributed by atoms with Crippen LogP contribution in [0.4, 0.5) is 5.00 Å². The van der Waals surface area contributed by atoms with Crippen LogP contribution in [0.2, 0.25) is 0 Å². The Morgan fingerprint density at radius 1 is 1.33 bits per heavy atom. The standard InChI is InChI=1S/C13H24N4S/c1-3-7-14-13-12(15-16-18-13)10-17-8-5-11(4-2)6-9-17/h11,14H,3-10H2,1-2H3. The normalized spacial score (nSPS) is 18.1. The van der Waals surface area contributed by atoms with Crippen molar-refractivity contribution < 1.29 is 0 Å². The third kappa shape index (κ3) is 3.65. The second-order valence-electron chi connectivity index (χ2n) is 5.10. The van der Waals surface area contributed by atoms with Gasteiger partial charge in [-0.05, 0) is 38.3 Å². The van der Waals surface area contributed by atoms with Crippen LogP contribution in [0, 0.1) is 5.92 Å². The van der Waals surface area contributed by atoms with Crippen LogP contribution in [-0.4, -0.2) is 34.1 Å². The van der Waals surface area contributed by atoms with Crippen molar-refractivity contribution in [3.05, 3.63) is 5.69 Å². The first-order valence-electron chi connectivity index (χ1n) is 7.11.